The van der Waals surface area contributed by atoms with Gasteiger partial charge in [0.05, 0.1) is 4.47 Å². The van der Waals surface area contributed by atoms with E-state index in [1.807, 2.05) is 6.92 Å². The Morgan fingerprint density at radius 2 is 2.12 bits per heavy atom. The Bertz CT molecular complexity index is 421. The van der Waals surface area contributed by atoms with Crippen LogP contribution in [0.25, 0.3) is 0 Å². The van der Waals surface area contributed by atoms with Crippen LogP contribution in [0.4, 0.5) is 10.1 Å². The lowest BCUT2D eigenvalue weighted by molar-refractivity contribution is -0.128. The van der Waals surface area contributed by atoms with E-state index in [1.54, 1.807) is 20.2 Å². The van der Waals surface area contributed by atoms with Crippen LogP contribution in [0.3, 0.4) is 0 Å². The minimum absolute atomic E-state index is 0.0488. The Morgan fingerprint density at radius 3 is 2.71 bits per heavy atom. The average molecular weight is 303 g/mol. The summed E-state index contributed by atoms with van der Waals surface area (Å²) < 4.78 is 13.8. The smallest absolute Gasteiger partial charge is 0.223 e. The van der Waals surface area contributed by atoms with Crippen LogP contribution >= 0.6 is 15.9 Å². The summed E-state index contributed by atoms with van der Waals surface area (Å²) in [5, 5.41) is 3.06. The molecule has 0 spiro atoms. The van der Waals surface area contributed by atoms with Crippen molar-refractivity contribution in [3.8, 4) is 0 Å². The van der Waals surface area contributed by atoms with E-state index < -0.39 is 0 Å². The van der Waals surface area contributed by atoms with Crippen LogP contribution in [0.1, 0.15) is 12.0 Å². The molecule has 3 nitrogen and oxygen atoms in total. The molecular weight excluding hydrogens is 287 g/mol. The van der Waals surface area contributed by atoms with Crippen molar-refractivity contribution in [3.63, 3.8) is 0 Å². The van der Waals surface area contributed by atoms with Gasteiger partial charge in [-0.3, -0.25) is 4.79 Å². The highest BCUT2D eigenvalue weighted by molar-refractivity contribution is 9.10. The normalized spacial score (nSPS) is 10.2. The van der Waals surface area contributed by atoms with E-state index in [2.05, 4.69) is 21.2 Å². The quantitative estimate of drug-likeness (QED) is 0.927. The van der Waals surface area contributed by atoms with E-state index in [4.69, 9.17) is 0 Å². The molecule has 0 aliphatic carbocycles. The maximum atomic E-state index is 13.3. The van der Waals surface area contributed by atoms with Crippen molar-refractivity contribution in [2.45, 2.75) is 13.3 Å². The zero-order valence-corrected chi connectivity index (χ0v) is 11.8. The molecule has 0 bridgehead atoms. The van der Waals surface area contributed by atoms with E-state index in [9.17, 15) is 9.18 Å². The SMILES string of the molecule is Cc1cc(Br)c(F)cc1NCCC(=O)N(C)C. The molecule has 5 heteroatoms. The summed E-state index contributed by atoms with van der Waals surface area (Å²) in [5.74, 6) is -0.259. The molecule has 0 heterocycles. The van der Waals surface area contributed by atoms with Gasteiger partial charge in [0.25, 0.3) is 0 Å². The molecule has 0 radical (unpaired) electrons. The third-order valence-corrected chi connectivity index (χ3v) is 3.03. The van der Waals surface area contributed by atoms with Crippen LogP contribution in [-0.2, 0) is 4.79 Å². The topological polar surface area (TPSA) is 32.3 Å². The van der Waals surface area contributed by atoms with E-state index in [1.165, 1.54) is 11.0 Å². The summed E-state index contributed by atoms with van der Waals surface area (Å²) in [4.78, 5) is 12.9. The number of nitrogens with one attached hydrogen (secondary N) is 1. The maximum absolute atomic E-state index is 13.3. The maximum Gasteiger partial charge on any atom is 0.223 e. The fourth-order valence-corrected chi connectivity index (χ4v) is 1.82. The largest absolute Gasteiger partial charge is 0.384 e. The second-order valence-electron chi connectivity index (χ2n) is 4.05. The van der Waals surface area contributed by atoms with Gasteiger partial charge in [0.1, 0.15) is 5.82 Å². The molecule has 0 unspecified atom stereocenters. The van der Waals surface area contributed by atoms with Gasteiger partial charge < -0.3 is 10.2 Å². The molecule has 0 atom stereocenters. The van der Waals surface area contributed by atoms with Gasteiger partial charge in [0.2, 0.25) is 5.91 Å². The molecule has 1 amide bonds. The van der Waals surface area contributed by atoms with Crippen LogP contribution in [-0.4, -0.2) is 31.4 Å². The average Bonchev–Trinajstić information content (AvgIpc) is 2.25. The molecule has 17 heavy (non-hydrogen) atoms. The zero-order valence-electron chi connectivity index (χ0n) is 10.2. The molecule has 94 valence electrons. The van der Waals surface area contributed by atoms with E-state index in [-0.39, 0.29) is 11.7 Å². The molecule has 1 aromatic rings. The second kappa shape index (κ2) is 6.00. The van der Waals surface area contributed by atoms with Crippen molar-refractivity contribution in [3.05, 3.63) is 28.0 Å². The predicted molar refractivity (Wildman–Crippen MR) is 70.6 cm³/mol. The number of amides is 1. The molecule has 1 rings (SSSR count). The lowest BCUT2D eigenvalue weighted by Gasteiger charge is -2.13. The Kier molecular flexibility index (Phi) is 4.93. The van der Waals surface area contributed by atoms with Gasteiger partial charge in [-0.25, -0.2) is 4.39 Å². The summed E-state index contributed by atoms with van der Waals surface area (Å²) in [6.45, 7) is 2.39. The van der Waals surface area contributed by atoms with Gasteiger partial charge >= 0.3 is 0 Å². The number of benzene rings is 1. The van der Waals surface area contributed by atoms with Gasteiger partial charge in [-0.05, 0) is 40.5 Å². The molecule has 1 N–H and O–H groups in total. The molecule has 0 aromatic heterocycles. The molecule has 1 aromatic carbocycles. The number of hydrogen-bond donors (Lipinski definition) is 1. The number of halogens is 2. The van der Waals surface area contributed by atoms with Crippen molar-refractivity contribution < 1.29 is 9.18 Å². The van der Waals surface area contributed by atoms with E-state index in [0.29, 0.717) is 17.4 Å². The number of carbonyl (C=O) groups is 1. The van der Waals surface area contributed by atoms with Gasteiger partial charge in [0, 0.05) is 32.7 Å². The number of anilines is 1. The molecule has 0 saturated heterocycles. The van der Waals surface area contributed by atoms with Crippen LogP contribution in [0.2, 0.25) is 0 Å². The molecule has 0 aliphatic rings. The summed E-state index contributed by atoms with van der Waals surface area (Å²) in [6.07, 6.45) is 0.393. The second-order valence-corrected chi connectivity index (χ2v) is 4.90. The molecule has 0 fully saturated rings. The Labute approximate surface area is 109 Å². The summed E-state index contributed by atoms with van der Waals surface area (Å²) in [6, 6.07) is 3.14. The van der Waals surface area contributed by atoms with Crippen molar-refractivity contribution >= 4 is 27.5 Å². The highest BCUT2D eigenvalue weighted by Gasteiger charge is 2.06. The third-order valence-electron chi connectivity index (χ3n) is 2.42. The number of carbonyl (C=O) groups excluding carboxylic acids is 1. The van der Waals surface area contributed by atoms with Crippen molar-refractivity contribution in [2.24, 2.45) is 0 Å². The lowest BCUT2D eigenvalue weighted by atomic mass is 10.2. The van der Waals surface area contributed by atoms with Gasteiger partial charge in [-0.2, -0.15) is 0 Å². The van der Waals surface area contributed by atoms with Crippen LogP contribution in [0.15, 0.2) is 16.6 Å². The highest BCUT2D eigenvalue weighted by Crippen LogP contribution is 2.23. The first-order chi connectivity index (χ1) is 7.91. The Morgan fingerprint density at radius 1 is 1.47 bits per heavy atom. The lowest BCUT2D eigenvalue weighted by Crippen LogP contribution is -2.24. The van der Waals surface area contributed by atoms with Gasteiger partial charge in [-0.15, -0.1) is 0 Å². The van der Waals surface area contributed by atoms with Crippen LogP contribution in [0, 0.1) is 12.7 Å². The van der Waals surface area contributed by atoms with E-state index >= 15 is 0 Å². The Balaban J connectivity index is 2.58. The minimum atomic E-state index is -0.308. The summed E-state index contributed by atoms with van der Waals surface area (Å²) >= 11 is 3.13. The fraction of sp³-hybridized carbons (Fsp3) is 0.417. The van der Waals surface area contributed by atoms with Crippen molar-refractivity contribution in [1.29, 1.82) is 0 Å². The summed E-state index contributed by atoms with van der Waals surface area (Å²) in [5.41, 5.74) is 1.66. The number of hydrogen-bond acceptors (Lipinski definition) is 2. The summed E-state index contributed by atoms with van der Waals surface area (Å²) in [7, 11) is 3.43. The first-order valence-electron chi connectivity index (χ1n) is 5.31. The van der Waals surface area contributed by atoms with E-state index in [0.717, 1.165) is 11.3 Å². The molecule has 0 saturated carbocycles. The first-order valence-corrected chi connectivity index (χ1v) is 6.10. The predicted octanol–water partition coefficient (Wildman–Crippen LogP) is 2.79. The van der Waals surface area contributed by atoms with Crippen LogP contribution in [0.5, 0.6) is 0 Å². The highest BCUT2D eigenvalue weighted by atomic mass is 79.9. The Hall–Kier alpha value is -1.10. The number of aryl methyl sites for hydroxylation is 1. The van der Waals surface area contributed by atoms with Crippen molar-refractivity contribution in [2.75, 3.05) is 26.0 Å². The van der Waals surface area contributed by atoms with Gasteiger partial charge in [0.15, 0.2) is 0 Å². The minimum Gasteiger partial charge on any atom is -0.384 e. The number of rotatable bonds is 4. The van der Waals surface area contributed by atoms with Gasteiger partial charge in [-0.1, -0.05) is 0 Å². The number of nitrogens with zero attached hydrogens (tertiary/aromatic N) is 1. The standard InChI is InChI=1S/C12H16BrFN2O/c1-8-6-9(13)10(14)7-11(8)15-5-4-12(17)16(2)3/h6-7,15H,4-5H2,1-3H3. The zero-order chi connectivity index (χ0) is 13.0. The van der Waals surface area contributed by atoms with Crippen molar-refractivity contribution in [1.82, 2.24) is 4.90 Å². The monoisotopic (exact) mass is 302 g/mol. The first kappa shape index (κ1) is 14.0. The molecular formula is C12H16BrFN2O. The fourth-order valence-electron chi connectivity index (χ4n) is 1.36. The molecule has 0 aliphatic heterocycles. The van der Waals surface area contributed by atoms with Crippen LogP contribution < -0.4 is 5.32 Å². The third kappa shape index (κ3) is 4.00.